The van der Waals surface area contributed by atoms with Crippen LogP contribution >= 0.6 is 0 Å². The van der Waals surface area contributed by atoms with Gasteiger partial charge in [-0.25, -0.2) is 13.6 Å². The number of hydrogen-bond acceptors (Lipinski definition) is 3. The van der Waals surface area contributed by atoms with Crippen molar-refractivity contribution in [1.29, 1.82) is 0 Å². The van der Waals surface area contributed by atoms with Gasteiger partial charge in [-0.3, -0.25) is 0 Å². The zero-order valence-electron chi connectivity index (χ0n) is 11.1. The van der Waals surface area contributed by atoms with Gasteiger partial charge in [0.05, 0.1) is 4.90 Å². The van der Waals surface area contributed by atoms with E-state index in [2.05, 4.69) is 5.32 Å². The van der Waals surface area contributed by atoms with Crippen LogP contribution in [0.15, 0.2) is 23.1 Å². The predicted molar refractivity (Wildman–Crippen MR) is 75.4 cm³/mol. The molecule has 104 valence electrons. The van der Waals surface area contributed by atoms with Crippen molar-refractivity contribution in [3.63, 3.8) is 0 Å². The standard InChI is InChI=1S/C14H20N2O2S/c1-9-2-7-12(19(15,17)18)8-13(9)16-14(10-3-4-10)11-5-6-11/h2,7-8,10-11,14,16H,3-6H2,1H3,(H2,15,17,18). The summed E-state index contributed by atoms with van der Waals surface area (Å²) in [5.41, 5.74) is 1.98. The van der Waals surface area contributed by atoms with Crippen molar-refractivity contribution in [2.75, 3.05) is 5.32 Å². The molecule has 3 rings (SSSR count). The maximum atomic E-state index is 11.4. The van der Waals surface area contributed by atoms with E-state index in [1.807, 2.05) is 13.0 Å². The number of nitrogens with two attached hydrogens (primary N) is 1. The van der Waals surface area contributed by atoms with Crippen molar-refractivity contribution < 1.29 is 8.42 Å². The zero-order valence-corrected chi connectivity index (χ0v) is 11.9. The van der Waals surface area contributed by atoms with Crippen LogP contribution in [0.2, 0.25) is 0 Å². The summed E-state index contributed by atoms with van der Waals surface area (Å²) in [4.78, 5) is 0.186. The molecule has 0 radical (unpaired) electrons. The Hall–Kier alpha value is -1.07. The van der Waals surface area contributed by atoms with Crippen molar-refractivity contribution in [3.05, 3.63) is 23.8 Å². The quantitative estimate of drug-likeness (QED) is 0.869. The largest absolute Gasteiger partial charge is 0.382 e. The fourth-order valence-corrected chi connectivity index (χ4v) is 3.18. The molecule has 0 heterocycles. The third kappa shape index (κ3) is 2.92. The lowest BCUT2D eigenvalue weighted by Gasteiger charge is -2.21. The van der Waals surface area contributed by atoms with Crippen LogP contribution in [0.3, 0.4) is 0 Å². The molecule has 0 amide bonds. The van der Waals surface area contributed by atoms with Crippen LogP contribution in [0.25, 0.3) is 0 Å². The second-order valence-corrected chi connectivity index (χ2v) is 7.43. The van der Waals surface area contributed by atoms with Crippen LogP contribution in [0, 0.1) is 18.8 Å². The fourth-order valence-electron chi connectivity index (χ4n) is 2.64. The summed E-state index contributed by atoms with van der Waals surface area (Å²) in [6, 6.07) is 5.56. The van der Waals surface area contributed by atoms with E-state index < -0.39 is 10.0 Å². The van der Waals surface area contributed by atoms with Gasteiger partial charge in [-0.2, -0.15) is 0 Å². The molecular formula is C14H20N2O2S. The summed E-state index contributed by atoms with van der Waals surface area (Å²) in [7, 11) is -3.63. The summed E-state index contributed by atoms with van der Waals surface area (Å²) >= 11 is 0. The monoisotopic (exact) mass is 280 g/mol. The number of primary sulfonamides is 1. The van der Waals surface area contributed by atoms with Gasteiger partial charge in [0.25, 0.3) is 0 Å². The molecule has 0 bridgehead atoms. The maximum Gasteiger partial charge on any atom is 0.238 e. The Balaban J connectivity index is 1.86. The van der Waals surface area contributed by atoms with E-state index in [9.17, 15) is 8.42 Å². The molecule has 2 fully saturated rings. The lowest BCUT2D eigenvalue weighted by molar-refractivity contribution is 0.567. The number of anilines is 1. The highest BCUT2D eigenvalue weighted by Gasteiger charge is 2.41. The van der Waals surface area contributed by atoms with E-state index >= 15 is 0 Å². The molecule has 1 aromatic rings. The second kappa shape index (κ2) is 4.49. The van der Waals surface area contributed by atoms with Gasteiger partial charge in [-0.15, -0.1) is 0 Å². The number of nitrogens with one attached hydrogen (secondary N) is 1. The first kappa shape index (κ1) is 12.9. The first-order valence-corrected chi connectivity index (χ1v) is 8.40. The lowest BCUT2D eigenvalue weighted by Crippen LogP contribution is -2.25. The highest BCUT2D eigenvalue weighted by Crippen LogP contribution is 2.46. The van der Waals surface area contributed by atoms with Crippen LogP contribution in [-0.4, -0.2) is 14.5 Å². The van der Waals surface area contributed by atoms with Crippen LogP contribution in [-0.2, 0) is 10.0 Å². The van der Waals surface area contributed by atoms with Gasteiger partial charge >= 0.3 is 0 Å². The van der Waals surface area contributed by atoms with Crippen LogP contribution in [0.4, 0.5) is 5.69 Å². The molecule has 19 heavy (non-hydrogen) atoms. The molecule has 2 saturated carbocycles. The predicted octanol–water partition coefficient (Wildman–Crippen LogP) is 2.24. The Kier molecular flexibility index (Phi) is 3.06. The van der Waals surface area contributed by atoms with E-state index in [-0.39, 0.29) is 4.90 Å². The number of hydrogen-bond donors (Lipinski definition) is 2. The molecule has 0 unspecified atom stereocenters. The number of benzene rings is 1. The third-order valence-corrected chi connectivity index (χ3v) is 5.03. The number of aryl methyl sites for hydroxylation is 1. The summed E-state index contributed by atoms with van der Waals surface area (Å²) in [6.07, 6.45) is 5.17. The minimum absolute atomic E-state index is 0.186. The molecule has 0 spiro atoms. The normalized spacial score (nSPS) is 19.7. The van der Waals surface area contributed by atoms with Crippen LogP contribution in [0.5, 0.6) is 0 Å². The van der Waals surface area contributed by atoms with Gasteiger partial charge in [0.2, 0.25) is 10.0 Å². The van der Waals surface area contributed by atoms with Gasteiger partial charge in [0.15, 0.2) is 0 Å². The van der Waals surface area contributed by atoms with Crippen molar-refractivity contribution in [3.8, 4) is 0 Å². The van der Waals surface area contributed by atoms with Gasteiger partial charge < -0.3 is 5.32 Å². The molecule has 3 N–H and O–H groups in total. The molecule has 0 aromatic heterocycles. The maximum absolute atomic E-state index is 11.4. The molecule has 0 aliphatic heterocycles. The number of sulfonamides is 1. The molecule has 2 aliphatic rings. The molecular weight excluding hydrogens is 260 g/mol. The summed E-state index contributed by atoms with van der Waals surface area (Å²) in [5.74, 6) is 1.54. The van der Waals surface area contributed by atoms with Gasteiger partial charge in [-0.1, -0.05) is 6.07 Å². The summed E-state index contributed by atoms with van der Waals surface area (Å²) in [6.45, 7) is 1.99. The molecule has 5 heteroatoms. The van der Waals surface area contributed by atoms with Crippen molar-refractivity contribution in [2.45, 2.75) is 43.5 Å². The summed E-state index contributed by atoms with van der Waals surface area (Å²) < 4.78 is 22.8. The Bertz CT molecular complexity index is 577. The topological polar surface area (TPSA) is 72.2 Å². The highest BCUT2D eigenvalue weighted by atomic mass is 32.2. The first-order valence-electron chi connectivity index (χ1n) is 6.85. The molecule has 0 saturated heterocycles. The van der Waals surface area contributed by atoms with Crippen molar-refractivity contribution >= 4 is 15.7 Å². The van der Waals surface area contributed by atoms with Gasteiger partial charge in [-0.05, 0) is 62.1 Å². The Morgan fingerprint density at radius 3 is 2.26 bits per heavy atom. The van der Waals surface area contributed by atoms with E-state index in [1.54, 1.807) is 12.1 Å². The molecule has 2 aliphatic carbocycles. The Morgan fingerprint density at radius 2 is 1.79 bits per heavy atom. The Morgan fingerprint density at radius 1 is 1.21 bits per heavy atom. The minimum Gasteiger partial charge on any atom is -0.382 e. The van der Waals surface area contributed by atoms with E-state index in [0.717, 1.165) is 23.1 Å². The molecule has 0 atom stereocenters. The average molecular weight is 280 g/mol. The van der Waals surface area contributed by atoms with Crippen molar-refractivity contribution in [2.24, 2.45) is 17.0 Å². The van der Waals surface area contributed by atoms with Gasteiger partial charge in [0.1, 0.15) is 0 Å². The smallest absolute Gasteiger partial charge is 0.238 e. The molecule has 1 aromatic carbocycles. The molecule has 4 nitrogen and oxygen atoms in total. The minimum atomic E-state index is -3.63. The van der Waals surface area contributed by atoms with Crippen molar-refractivity contribution in [1.82, 2.24) is 0 Å². The Labute approximate surface area is 114 Å². The van der Waals surface area contributed by atoms with E-state index in [4.69, 9.17) is 5.14 Å². The van der Waals surface area contributed by atoms with E-state index in [0.29, 0.717) is 6.04 Å². The SMILES string of the molecule is Cc1ccc(S(N)(=O)=O)cc1NC(C1CC1)C1CC1. The second-order valence-electron chi connectivity index (χ2n) is 5.87. The van der Waals surface area contributed by atoms with E-state index in [1.165, 1.54) is 25.7 Å². The third-order valence-electron chi connectivity index (χ3n) is 4.12. The average Bonchev–Trinajstić information content (AvgIpc) is 3.19. The lowest BCUT2D eigenvalue weighted by atomic mass is 10.1. The zero-order chi connectivity index (χ0) is 13.6. The van der Waals surface area contributed by atoms with Crippen LogP contribution in [0.1, 0.15) is 31.2 Å². The summed E-state index contributed by atoms with van der Waals surface area (Å²) in [5, 5.41) is 8.76. The fraction of sp³-hybridized carbons (Fsp3) is 0.571. The van der Waals surface area contributed by atoms with Gasteiger partial charge in [0, 0.05) is 11.7 Å². The first-order chi connectivity index (χ1) is 8.95. The van der Waals surface area contributed by atoms with Crippen LogP contribution < -0.4 is 10.5 Å². The number of rotatable bonds is 5. The highest BCUT2D eigenvalue weighted by molar-refractivity contribution is 7.89.